The van der Waals surface area contributed by atoms with Gasteiger partial charge in [0.15, 0.2) is 5.11 Å². The summed E-state index contributed by atoms with van der Waals surface area (Å²) >= 11 is 5.25. The Bertz CT molecular complexity index is 1090. The number of rotatable bonds is 3. The number of benzene rings is 2. The Hall–Kier alpha value is -3.06. The van der Waals surface area contributed by atoms with Crippen LogP contribution in [-0.4, -0.2) is 30.0 Å². The van der Waals surface area contributed by atoms with Crippen LogP contribution in [0.2, 0.25) is 0 Å². The van der Waals surface area contributed by atoms with E-state index in [0.717, 1.165) is 37.1 Å². The molecule has 0 aromatic heterocycles. The van der Waals surface area contributed by atoms with Gasteiger partial charge >= 0.3 is 0 Å². The Kier molecular flexibility index (Phi) is 5.39. The Balaban J connectivity index is 1.68. The molecule has 0 saturated carbocycles. The standard InChI is InChI=1S/C23H22FN3O2S/c1-14-5-7-19(15(2)11-14)27-22(29)17(21(28)25-23(27)30)12-16-6-8-20(18(24)13-16)26-9-3-4-10-26/h5-8,11-13H,3-4,9-10H2,1-2H3,(H,25,28,30)/b17-12+. The predicted molar refractivity (Wildman–Crippen MR) is 120 cm³/mol. The number of nitrogens with one attached hydrogen (secondary N) is 1. The SMILES string of the molecule is Cc1ccc(N2C(=O)/C(=C/c3ccc(N4CCCC4)c(F)c3)C(=O)NC2=S)c(C)c1. The summed E-state index contributed by atoms with van der Waals surface area (Å²) in [6.45, 7) is 5.51. The molecule has 2 amide bonds. The van der Waals surface area contributed by atoms with Crippen LogP contribution in [0.25, 0.3) is 6.08 Å². The fourth-order valence-corrected chi connectivity index (χ4v) is 4.20. The largest absolute Gasteiger partial charge is 0.369 e. The van der Waals surface area contributed by atoms with Gasteiger partial charge < -0.3 is 4.90 Å². The van der Waals surface area contributed by atoms with Crippen molar-refractivity contribution in [3.05, 3.63) is 64.5 Å². The lowest BCUT2D eigenvalue weighted by atomic mass is 10.0. The second-order valence-corrected chi connectivity index (χ2v) is 8.04. The van der Waals surface area contributed by atoms with E-state index in [9.17, 15) is 14.0 Å². The highest BCUT2D eigenvalue weighted by Gasteiger charge is 2.35. The van der Waals surface area contributed by atoms with Crippen LogP contribution in [-0.2, 0) is 9.59 Å². The lowest BCUT2D eigenvalue weighted by molar-refractivity contribution is -0.122. The van der Waals surface area contributed by atoms with Gasteiger partial charge in [-0.2, -0.15) is 0 Å². The number of carbonyl (C=O) groups is 2. The zero-order chi connectivity index (χ0) is 21.4. The molecule has 2 aromatic carbocycles. The third kappa shape index (κ3) is 3.73. The quantitative estimate of drug-likeness (QED) is 0.463. The van der Waals surface area contributed by atoms with Crippen LogP contribution >= 0.6 is 12.2 Å². The topological polar surface area (TPSA) is 52.7 Å². The summed E-state index contributed by atoms with van der Waals surface area (Å²) in [6.07, 6.45) is 3.51. The lowest BCUT2D eigenvalue weighted by Gasteiger charge is -2.30. The maximum absolute atomic E-state index is 14.7. The number of amides is 2. The van der Waals surface area contributed by atoms with E-state index >= 15 is 0 Å². The number of carbonyl (C=O) groups excluding carboxylic acids is 2. The Morgan fingerprint density at radius 2 is 1.73 bits per heavy atom. The molecule has 7 heteroatoms. The molecule has 4 rings (SSSR count). The van der Waals surface area contributed by atoms with Gasteiger partial charge in [0, 0.05) is 13.1 Å². The van der Waals surface area contributed by atoms with E-state index in [1.54, 1.807) is 18.2 Å². The molecular formula is C23H22FN3O2S. The first-order valence-electron chi connectivity index (χ1n) is 9.88. The van der Waals surface area contributed by atoms with E-state index in [1.807, 2.05) is 30.9 Å². The van der Waals surface area contributed by atoms with Crippen molar-refractivity contribution in [2.24, 2.45) is 0 Å². The summed E-state index contributed by atoms with van der Waals surface area (Å²) in [5.74, 6) is -1.48. The van der Waals surface area contributed by atoms with Gasteiger partial charge in [0.2, 0.25) is 0 Å². The average Bonchev–Trinajstić information content (AvgIpc) is 3.21. The van der Waals surface area contributed by atoms with Crippen LogP contribution < -0.4 is 15.1 Å². The van der Waals surface area contributed by atoms with E-state index in [4.69, 9.17) is 12.2 Å². The summed E-state index contributed by atoms with van der Waals surface area (Å²) in [6, 6.07) is 10.4. The van der Waals surface area contributed by atoms with Gasteiger partial charge in [0.25, 0.3) is 11.8 Å². The van der Waals surface area contributed by atoms with E-state index in [-0.39, 0.29) is 16.5 Å². The van der Waals surface area contributed by atoms with Crippen molar-refractivity contribution in [1.29, 1.82) is 0 Å². The summed E-state index contributed by atoms with van der Waals surface area (Å²) < 4.78 is 14.7. The molecule has 0 spiro atoms. The van der Waals surface area contributed by atoms with Gasteiger partial charge in [-0.15, -0.1) is 0 Å². The molecule has 2 saturated heterocycles. The van der Waals surface area contributed by atoms with Gasteiger partial charge in [0.05, 0.1) is 11.4 Å². The van der Waals surface area contributed by atoms with Crippen molar-refractivity contribution in [2.75, 3.05) is 22.9 Å². The number of aryl methyl sites for hydroxylation is 2. The predicted octanol–water partition coefficient (Wildman–Crippen LogP) is 3.87. The summed E-state index contributed by atoms with van der Waals surface area (Å²) in [5.41, 5.74) is 3.44. The molecule has 2 aromatic rings. The minimum atomic E-state index is -0.588. The maximum Gasteiger partial charge on any atom is 0.270 e. The van der Waals surface area contributed by atoms with Gasteiger partial charge in [0.1, 0.15) is 11.4 Å². The number of halogens is 1. The van der Waals surface area contributed by atoms with Crippen LogP contribution in [0.3, 0.4) is 0 Å². The number of hydrogen-bond acceptors (Lipinski definition) is 4. The third-order valence-electron chi connectivity index (χ3n) is 5.42. The second-order valence-electron chi connectivity index (χ2n) is 7.65. The first-order chi connectivity index (χ1) is 14.3. The maximum atomic E-state index is 14.7. The number of hydrogen-bond donors (Lipinski definition) is 1. The van der Waals surface area contributed by atoms with Crippen molar-refractivity contribution in [2.45, 2.75) is 26.7 Å². The van der Waals surface area contributed by atoms with Crippen molar-refractivity contribution < 1.29 is 14.0 Å². The zero-order valence-electron chi connectivity index (χ0n) is 16.9. The van der Waals surface area contributed by atoms with Crippen LogP contribution in [0.4, 0.5) is 15.8 Å². The highest BCUT2D eigenvalue weighted by molar-refractivity contribution is 7.80. The fourth-order valence-electron chi connectivity index (χ4n) is 3.93. The molecule has 0 unspecified atom stereocenters. The van der Waals surface area contributed by atoms with E-state index in [1.165, 1.54) is 17.0 Å². The smallest absolute Gasteiger partial charge is 0.270 e. The third-order valence-corrected chi connectivity index (χ3v) is 5.71. The van der Waals surface area contributed by atoms with Gasteiger partial charge in [-0.05, 0) is 74.3 Å². The lowest BCUT2D eigenvalue weighted by Crippen LogP contribution is -2.54. The molecular weight excluding hydrogens is 401 g/mol. The molecule has 2 aliphatic heterocycles. The van der Waals surface area contributed by atoms with Crippen LogP contribution in [0.5, 0.6) is 0 Å². The summed E-state index contributed by atoms with van der Waals surface area (Å²) in [5, 5.41) is 2.60. The summed E-state index contributed by atoms with van der Waals surface area (Å²) in [7, 11) is 0. The van der Waals surface area contributed by atoms with Gasteiger partial charge in [-0.25, -0.2) is 4.39 Å². The highest BCUT2D eigenvalue weighted by atomic mass is 32.1. The summed E-state index contributed by atoms with van der Waals surface area (Å²) in [4.78, 5) is 29.0. The molecule has 0 atom stereocenters. The average molecular weight is 424 g/mol. The molecule has 1 N–H and O–H groups in total. The molecule has 2 heterocycles. The molecule has 0 bridgehead atoms. The van der Waals surface area contributed by atoms with Gasteiger partial charge in [-0.3, -0.25) is 19.8 Å². The van der Waals surface area contributed by atoms with Crippen LogP contribution in [0.1, 0.15) is 29.5 Å². The van der Waals surface area contributed by atoms with E-state index in [2.05, 4.69) is 5.32 Å². The molecule has 0 radical (unpaired) electrons. The number of thiocarbonyl (C=S) groups is 1. The molecule has 30 heavy (non-hydrogen) atoms. The molecule has 5 nitrogen and oxygen atoms in total. The van der Waals surface area contributed by atoms with Crippen LogP contribution in [0, 0.1) is 19.7 Å². The second kappa shape index (κ2) is 7.99. The molecule has 2 aliphatic rings. The van der Waals surface area contributed by atoms with E-state index < -0.39 is 11.8 Å². The van der Waals surface area contributed by atoms with E-state index in [0.29, 0.717) is 16.9 Å². The van der Waals surface area contributed by atoms with Crippen molar-refractivity contribution in [3.8, 4) is 0 Å². The Morgan fingerprint density at radius 3 is 2.40 bits per heavy atom. The Labute approximate surface area is 180 Å². The molecule has 2 fully saturated rings. The monoisotopic (exact) mass is 423 g/mol. The first-order valence-corrected chi connectivity index (χ1v) is 10.3. The number of anilines is 2. The van der Waals surface area contributed by atoms with Gasteiger partial charge in [-0.1, -0.05) is 23.8 Å². The van der Waals surface area contributed by atoms with Crippen LogP contribution in [0.15, 0.2) is 42.0 Å². The van der Waals surface area contributed by atoms with Crippen molar-refractivity contribution in [1.82, 2.24) is 5.32 Å². The first kappa shape index (κ1) is 20.2. The van der Waals surface area contributed by atoms with Crippen molar-refractivity contribution >= 4 is 46.6 Å². The number of nitrogens with zero attached hydrogens (tertiary/aromatic N) is 2. The molecule has 154 valence electrons. The highest BCUT2D eigenvalue weighted by Crippen LogP contribution is 2.28. The van der Waals surface area contributed by atoms with Crippen molar-refractivity contribution in [3.63, 3.8) is 0 Å². The Morgan fingerprint density at radius 1 is 1.03 bits per heavy atom. The zero-order valence-corrected chi connectivity index (χ0v) is 17.7. The minimum absolute atomic E-state index is 0.0321. The molecule has 0 aliphatic carbocycles. The normalized spacial score (nSPS) is 18.4. The fraction of sp³-hybridized carbons (Fsp3) is 0.261. The minimum Gasteiger partial charge on any atom is -0.369 e.